The highest BCUT2D eigenvalue weighted by molar-refractivity contribution is 6.30. The van der Waals surface area contributed by atoms with Crippen LogP contribution in [0.1, 0.15) is 23.1 Å². The minimum atomic E-state index is 0.00424. The quantitative estimate of drug-likeness (QED) is 0.839. The first-order valence-electron chi connectivity index (χ1n) is 7.33. The van der Waals surface area contributed by atoms with E-state index in [-0.39, 0.29) is 5.91 Å². The van der Waals surface area contributed by atoms with Gasteiger partial charge in [0.15, 0.2) is 0 Å². The Hall–Kier alpha value is -2.00. The fraction of sp³-hybridized carbons (Fsp3) is 0.278. The summed E-state index contributed by atoms with van der Waals surface area (Å²) < 4.78 is 0. The number of halogens is 1. The first-order chi connectivity index (χ1) is 10.5. The molecule has 2 aromatic carbocycles. The lowest BCUT2D eigenvalue weighted by molar-refractivity contribution is -0.115. The number of rotatable bonds is 5. The Balaban J connectivity index is 1.89. The van der Waals surface area contributed by atoms with E-state index >= 15 is 0 Å². The third-order valence-corrected chi connectivity index (χ3v) is 3.85. The average Bonchev–Trinajstić information content (AvgIpc) is 2.47. The predicted octanol–water partition coefficient (Wildman–Crippen LogP) is 4.71. The summed E-state index contributed by atoms with van der Waals surface area (Å²) >= 11 is 5.98. The molecule has 0 saturated carbocycles. The van der Waals surface area contributed by atoms with Gasteiger partial charge in [0.2, 0.25) is 5.91 Å². The summed E-state index contributed by atoms with van der Waals surface area (Å²) in [5.41, 5.74) is 5.14. The normalized spacial score (nSPS) is 10.4. The molecule has 0 atom stereocenters. The summed E-state index contributed by atoms with van der Waals surface area (Å²) in [5.74, 6) is 0.00424. The van der Waals surface area contributed by atoms with Crippen molar-refractivity contribution in [2.24, 2.45) is 0 Å². The van der Waals surface area contributed by atoms with E-state index in [9.17, 15) is 4.79 Å². The van der Waals surface area contributed by atoms with Gasteiger partial charge in [0.1, 0.15) is 0 Å². The molecule has 116 valence electrons. The van der Waals surface area contributed by atoms with E-state index in [1.165, 1.54) is 0 Å². The van der Waals surface area contributed by atoms with Crippen LogP contribution in [0.15, 0.2) is 36.4 Å². The number of aryl methyl sites for hydroxylation is 3. The van der Waals surface area contributed by atoms with Gasteiger partial charge in [-0.25, -0.2) is 0 Å². The van der Waals surface area contributed by atoms with Crippen molar-refractivity contribution in [3.05, 3.63) is 58.1 Å². The van der Waals surface area contributed by atoms with Gasteiger partial charge < -0.3 is 10.6 Å². The van der Waals surface area contributed by atoms with Gasteiger partial charge in [0, 0.05) is 29.4 Å². The minimum Gasteiger partial charge on any atom is -0.384 e. The molecule has 22 heavy (non-hydrogen) atoms. The molecule has 0 fully saturated rings. The van der Waals surface area contributed by atoms with Crippen molar-refractivity contribution in [3.8, 4) is 0 Å². The minimum absolute atomic E-state index is 0.00424. The van der Waals surface area contributed by atoms with E-state index in [0.29, 0.717) is 18.0 Å². The number of hydrogen-bond acceptors (Lipinski definition) is 2. The van der Waals surface area contributed by atoms with Crippen LogP contribution in [0.3, 0.4) is 0 Å². The second-order valence-electron chi connectivity index (χ2n) is 5.45. The van der Waals surface area contributed by atoms with E-state index in [1.807, 2.05) is 57.2 Å². The van der Waals surface area contributed by atoms with Crippen molar-refractivity contribution in [1.82, 2.24) is 0 Å². The molecule has 0 aliphatic carbocycles. The monoisotopic (exact) mass is 316 g/mol. The lowest BCUT2D eigenvalue weighted by Crippen LogP contribution is -2.17. The van der Waals surface area contributed by atoms with Crippen LogP contribution in [0.5, 0.6) is 0 Å². The molecule has 1 amide bonds. The molecule has 2 aromatic rings. The smallest absolute Gasteiger partial charge is 0.226 e. The number of hydrogen-bond donors (Lipinski definition) is 2. The highest BCUT2D eigenvalue weighted by atomic mass is 35.5. The van der Waals surface area contributed by atoms with Gasteiger partial charge in [-0.3, -0.25) is 4.79 Å². The summed E-state index contributed by atoms with van der Waals surface area (Å²) in [7, 11) is 0. The maximum absolute atomic E-state index is 12.1. The number of carbonyl (C=O) groups excluding carboxylic acids is 1. The molecular formula is C18H21ClN2O. The number of amides is 1. The summed E-state index contributed by atoms with van der Waals surface area (Å²) in [6.07, 6.45) is 0.403. The molecule has 0 radical (unpaired) electrons. The molecule has 2 N–H and O–H groups in total. The van der Waals surface area contributed by atoms with Crippen molar-refractivity contribution in [2.75, 3.05) is 17.2 Å². The SMILES string of the molecule is Cc1ccc(Cl)cc1NCCC(=O)Nc1c(C)cccc1C. The standard InChI is InChI=1S/C18H21ClN2O/c1-12-7-8-15(19)11-16(12)20-10-9-17(22)21-18-13(2)5-4-6-14(18)3/h4-8,11,20H,9-10H2,1-3H3,(H,21,22). The van der Waals surface area contributed by atoms with Gasteiger partial charge in [-0.15, -0.1) is 0 Å². The van der Waals surface area contributed by atoms with Gasteiger partial charge in [-0.1, -0.05) is 35.9 Å². The van der Waals surface area contributed by atoms with Gasteiger partial charge >= 0.3 is 0 Å². The Kier molecular flexibility index (Phi) is 5.45. The summed E-state index contributed by atoms with van der Waals surface area (Å²) in [4.78, 5) is 12.1. The topological polar surface area (TPSA) is 41.1 Å². The summed E-state index contributed by atoms with van der Waals surface area (Å²) in [6, 6.07) is 11.7. The van der Waals surface area contributed by atoms with Crippen molar-refractivity contribution in [3.63, 3.8) is 0 Å². The predicted molar refractivity (Wildman–Crippen MR) is 93.8 cm³/mol. The lowest BCUT2D eigenvalue weighted by atomic mass is 10.1. The number of carbonyl (C=O) groups is 1. The first-order valence-corrected chi connectivity index (χ1v) is 7.71. The summed E-state index contributed by atoms with van der Waals surface area (Å²) in [5, 5.41) is 6.93. The molecule has 2 rings (SSSR count). The van der Waals surface area contributed by atoms with Crippen molar-refractivity contribution < 1.29 is 4.79 Å². The molecule has 0 aromatic heterocycles. The zero-order valence-corrected chi connectivity index (χ0v) is 13.9. The Morgan fingerprint density at radius 3 is 2.41 bits per heavy atom. The largest absolute Gasteiger partial charge is 0.384 e. The molecule has 0 spiro atoms. The first kappa shape index (κ1) is 16.4. The third kappa shape index (κ3) is 4.25. The van der Waals surface area contributed by atoms with Gasteiger partial charge in [-0.05, 0) is 49.6 Å². The van der Waals surface area contributed by atoms with Crippen LogP contribution in [0.25, 0.3) is 0 Å². The molecule has 4 heteroatoms. The van der Waals surface area contributed by atoms with E-state index in [1.54, 1.807) is 0 Å². The van der Waals surface area contributed by atoms with Crippen LogP contribution in [0.4, 0.5) is 11.4 Å². The van der Waals surface area contributed by atoms with E-state index < -0.39 is 0 Å². The molecule has 0 saturated heterocycles. The second kappa shape index (κ2) is 7.32. The lowest BCUT2D eigenvalue weighted by Gasteiger charge is -2.13. The number of anilines is 2. The van der Waals surface area contributed by atoms with Crippen LogP contribution < -0.4 is 10.6 Å². The van der Waals surface area contributed by atoms with Crippen LogP contribution >= 0.6 is 11.6 Å². The van der Waals surface area contributed by atoms with Crippen LogP contribution in [0.2, 0.25) is 5.02 Å². The van der Waals surface area contributed by atoms with Gasteiger partial charge in [0.25, 0.3) is 0 Å². The third-order valence-electron chi connectivity index (χ3n) is 3.61. The fourth-order valence-corrected chi connectivity index (χ4v) is 2.48. The van der Waals surface area contributed by atoms with Crippen molar-refractivity contribution >= 4 is 28.9 Å². The Morgan fingerprint density at radius 1 is 1.05 bits per heavy atom. The van der Waals surface area contributed by atoms with Crippen LogP contribution in [0, 0.1) is 20.8 Å². The maximum Gasteiger partial charge on any atom is 0.226 e. The molecule has 0 heterocycles. The maximum atomic E-state index is 12.1. The molecule has 0 aliphatic heterocycles. The molecule has 0 bridgehead atoms. The zero-order chi connectivity index (χ0) is 16.1. The molecule has 3 nitrogen and oxygen atoms in total. The molecule has 0 unspecified atom stereocenters. The number of para-hydroxylation sites is 1. The summed E-state index contributed by atoms with van der Waals surface area (Å²) in [6.45, 7) is 6.57. The Labute approximate surface area is 136 Å². The van der Waals surface area contributed by atoms with Gasteiger partial charge in [-0.2, -0.15) is 0 Å². The second-order valence-corrected chi connectivity index (χ2v) is 5.89. The van der Waals surface area contributed by atoms with E-state index in [4.69, 9.17) is 11.6 Å². The van der Waals surface area contributed by atoms with Crippen LogP contribution in [-0.4, -0.2) is 12.5 Å². The van der Waals surface area contributed by atoms with E-state index in [2.05, 4.69) is 10.6 Å². The highest BCUT2D eigenvalue weighted by Gasteiger charge is 2.07. The molecule has 0 aliphatic rings. The number of nitrogens with one attached hydrogen (secondary N) is 2. The Bertz CT molecular complexity index is 663. The van der Waals surface area contributed by atoms with E-state index in [0.717, 1.165) is 28.1 Å². The Morgan fingerprint density at radius 2 is 1.73 bits per heavy atom. The highest BCUT2D eigenvalue weighted by Crippen LogP contribution is 2.21. The fourth-order valence-electron chi connectivity index (χ4n) is 2.31. The van der Waals surface area contributed by atoms with Crippen molar-refractivity contribution in [2.45, 2.75) is 27.2 Å². The average molecular weight is 317 g/mol. The zero-order valence-electron chi connectivity index (χ0n) is 13.2. The van der Waals surface area contributed by atoms with Crippen molar-refractivity contribution in [1.29, 1.82) is 0 Å². The number of benzene rings is 2. The van der Waals surface area contributed by atoms with Gasteiger partial charge in [0.05, 0.1) is 0 Å². The van der Waals surface area contributed by atoms with Crippen LogP contribution in [-0.2, 0) is 4.79 Å². The molecular weight excluding hydrogens is 296 g/mol.